The van der Waals surface area contributed by atoms with Crippen LogP contribution in [0.3, 0.4) is 0 Å². The molecule has 0 saturated heterocycles. The molecule has 0 aromatic heterocycles. The Morgan fingerprint density at radius 2 is 1.65 bits per heavy atom. The van der Waals surface area contributed by atoms with Gasteiger partial charge >= 0.3 is 0 Å². The Bertz CT molecular complexity index is 705. The second-order valence-corrected chi connectivity index (χ2v) is 6.24. The summed E-state index contributed by atoms with van der Waals surface area (Å²) in [4.78, 5) is 12.3. The van der Waals surface area contributed by atoms with Crippen molar-refractivity contribution in [3.05, 3.63) is 51.5 Å². The maximum absolute atomic E-state index is 12.3. The van der Waals surface area contributed by atoms with Gasteiger partial charge in [-0.05, 0) is 54.8 Å². The Morgan fingerprint density at radius 3 is 2.22 bits per heavy atom. The predicted molar refractivity (Wildman–Crippen MR) is 95.5 cm³/mol. The molecule has 2 aromatic rings. The number of carbonyl (C=O) groups excluding carboxylic acids is 1. The number of ether oxygens (including phenoxy) is 2. The van der Waals surface area contributed by atoms with E-state index in [0.29, 0.717) is 11.5 Å². The number of hydrogen-bond donors (Lipinski definition) is 1. The summed E-state index contributed by atoms with van der Waals surface area (Å²) in [7, 11) is 3.17. The number of benzene rings is 2. The Kier molecular flexibility index (Phi) is 5.66. The number of hydrogen-bond acceptors (Lipinski definition) is 3. The predicted octanol–water partition coefficient (Wildman–Crippen LogP) is 4.26. The first kappa shape index (κ1) is 17.3. The molecule has 0 atom stereocenters. The molecule has 122 valence electrons. The van der Waals surface area contributed by atoms with Gasteiger partial charge < -0.3 is 14.8 Å². The average molecular weight is 378 g/mol. The summed E-state index contributed by atoms with van der Waals surface area (Å²) in [6, 6.07) is 9.46. The number of methoxy groups -OCH3 is 2. The average Bonchev–Trinajstić information content (AvgIpc) is 2.50. The Hall–Kier alpha value is -2.01. The number of amides is 1. The smallest absolute Gasteiger partial charge is 0.228 e. The van der Waals surface area contributed by atoms with Crippen LogP contribution in [0.4, 0.5) is 5.69 Å². The van der Waals surface area contributed by atoms with Crippen LogP contribution in [0, 0.1) is 13.8 Å². The van der Waals surface area contributed by atoms with Crippen molar-refractivity contribution in [3.8, 4) is 11.5 Å². The number of nitrogens with one attached hydrogen (secondary N) is 1. The number of halogens is 1. The van der Waals surface area contributed by atoms with Gasteiger partial charge in [0, 0.05) is 10.2 Å². The highest BCUT2D eigenvalue weighted by molar-refractivity contribution is 9.10. The fraction of sp³-hybridized carbons (Fsp3) is 0.278. The normalized spacial score (nSPS) is 10.3. The molecule has 0 spiro atoms. The maximum Gasteiger partial charge on any atom is 0.228 e. The minimum atomic E-state index is -0.0641. The van der Waals surface area contributed by atoms with Gasteiger partial charge in [-0.15, -0.1) is 0 Å². The van der Waals surface area contributed by atoms with Crippen molar-refractivity contribution in [2.24, 2.45) is 0 Å². The van der Waals surface area contributed by atoms with Crippen LogP contribution >= 0.6 is 15.9 Å². The molecule has 0 saturated carbocycles. The highest BCUT2D eigenvalue weighted by Gasteiger charge is 2.11. The van der Waals surface area contributed by atoms with Crippen LogP contribution in [0.1, 0.15) is 16.7 Å². The van der Waals surface area contributed by atoms with Crippen LogP contribution in [-0.2, 0) is 11.2 Å². The molecule has 23 heavy (non-hydrogen) atoms. The number of aryl methyl sites for hydroxylation is 2. The van der Waals surface area contributed by atoms with Crippen LogP contribution in [-0.4, -0.2) is 20.1 Å². The largest absolute Gasteiger partial charge is 0.493 e. The van der Waals surface area contributed by atoms with E-state index in [2.05, 4.69) is 21.2 Å². The summed E-state index contributed by atoms with van der Waals surface area (Å²) < 4.78 is 11.5. The van der Waals surface area contributed by atoms with E-state index >= 15 is 0 Å². The SMILES string of the molecule is COc1ccc(CC(=O)Nc2c(C)cc(Br)cc2C)cc1OC. The summed E-state index contributed by atoms with van der Waals surface area (Å²) in [5.41, 5.74) is 3.78. The molecule has 4 nitrogen and oxygen atoms in total. The lowest BCUT2D eigenvalue weighted by molar-refractivity contribution is -0.115. The van der Waals surface area contributed by atoms with Gasteiger partial charge in [0.25, 0.3) is 0 Å². The first-order valence-electron chi connectivity index (χ1n) is 7.22. The molecule has 0 aliphatic heterocycles. The molecule has 0 aliphatic rings. The topological polar surface area (TPSA) is 47.6 Å². The van der Waals surface area contributed by atoms with Crippen molar-refractivity contribution in [1.29, 1.82) is 0 Å². The van der Waals surface area contributed by atoms with Gasteiger partial charge in [0.15, 0.2) is 11.5 Å². The van der Waals surface area contributed by atoms with Crippen molar-refractivity contribution >= 4 is 27.5 Å². The summed E-state index contributed by atoms with van der Waals surface area (Å²) in [5.74, 6) is 1.20. The number of anilines is 1. The van der Waals surface area contributed by atoms with Crippen molar-refractivity contribution in [2.45, 2.75) is 20.3 Å². The summed E-state index contributed by atoms with van der Waals surface area (Å²) in [6.45, 7) is 3.95. The molecule has 0 bridgehead atoms. The van der Waals surface area contributed by atoms with Gasteiger partial charge in [-0.3, -0.25) is 4.79 Å². The third-order valence-corrected chi connectivity index (χ3v) is 4.03. The quantitative estimate of drug-likeness (QED) is 0.846. The molecule has 0 fully saturated rings. The van der Waals surface area contributed by atoms with Crippen LogP contribution in [0.2, 0.25) is 0 Å². The van der Waals surface area contributed by atoms with Gasteiger partial charge in [0.05, 0.1) is 20.6 Å². The van der Waals surface area contributed by atoms with E-state index in [9.17, 15) is 4.79 Å². The zero-order chi connectivity index (χ0) is 17.0. The van der Waals surface area contributed by atoms with Crippen LogP contribution in [0.25, 0.3) is 0 Å². The van der Waals surface area contributed by atoms with E-state index in [1.54, 1.807) is 20.3 Å². The molecule has 0 unspecified atom stereocenters. The Morgan fingerprint density at radius 1 is 1.04 bits per heavy atom. The van der Waals surface area contributed by atoms with Gasteiger partial charge in [-0.2, -0.15) is 0 Å². The van der Waals surface area contributed by atoms with E-state index in [4.69, 9.17) is 9.47 Å². The molecule has 0 aliphatic carbocycles. The third-order valence-electron chi connectivity index (χ3n) is 3.57. The minimum absolute atomic E-state index is 0.0641. The van der Waals surface area contributed by atoms with Crippen LogP contribution in [0.15, 0.2) is 34.8 Å². The summed E-state index contributed by atoms with van der Waals surface area (Å²) >= 11 is 3.46. The molecule has 1 N–H and O–H groups in total. The van der Waals surface area contributed by atoms with Crippen molar-refractivity contribution in [1.82, 2.24) is 0 Å². The minimum Gasteiger partial charge on any atom is -0.493 e. The number of rotatable bonds is 5. The lowest BCUT2D eigenvalue weighted by Crippen LogP contribution is -2.16. The first-order valence-corrected chi connectivity index (χ1v) is 8.01. The highest BCUT2D eigenvalue weighted by Crippen LogP contribution is 2.28. The number of carbonyl (C=O) groups is 1. The zero-order valence-electron chi connectivity index (χ0n) is 13.7. The zero-order valence-corrected chi connectivity index (χ0v) is 15.3. The molecule has 1 amide bonds. The monoisotopic (exact) mass is 377 g/mol. The van der Waals surface area contributed by atoms with Crippen molar-refractivity contribution in [2.75, 3.05) is 19.5 Å². The molecule has 0 heterocycles. The Labute approximate surface area is 144 Å². The van der Waals surface area contributed by atoms with E-state index in [1.165, 1.54) is 0 Å². The van der Waals surface area contributed by atoms with Gasteiger partial charge in [0.2, 0.25) is 5.91 Å². The fourth-order valence-electron chi connectivity index (χ4n) is 2.47. The van der Waals surface area contributed by atoms with E-state index < -0.39 is 0 Å². The van der Waals surface area contributed by atoms with Crippen molar-refractivity contribution in [3.63, 3.8) is 0 Å². The molecular weight excluding hydrogens is 358 g/mol. The molecular formula is C18H20BrNO3. The van der Waals surface area contributed by atoms with E-state index in [0.717, 1.165) is 26.9 Å². The van der Waals surface area contributed by atoms with Crippen molar-refractivity contribution < 1.29 is 14.3 Å². The third kappa shape index (κ3) is 4.26. The fourth-order valence-corrected chi connectivity index (χ4v) is 3.15. The highest BCUT2D eigenvalue weighted by atomic mass is 79.9. The molecule has 2 rings (SSSR count). The van der Waals surface area contributed by atoms with Crippen LogP contribution in [0.5, 0.6) is 11.5 Å². The summed E-state index contributed by atoms with van der Waals surface area (Å²) in [6.07, 6.45) is 0.273. The van der Waals surface area contributed by atoms with Gasteiger partial charge in [-0.25, -0.2) is 0 Å². The molecule has 5 heteroatoms. The first-order chi connectivity index (χ1) is 10.9. The maximum atomic E-state index is 12.3. The van der Waals surface area contributed by atoms with Crippen LogP contribution < -0.4 is 14.8 Å². The standard InChI is InChI=1S/C18H20BrNO3/c1-11-7-14(19)8-12(2)18(11)20-17(21)10-13-5-6-15(22-3)16(9-13)23-4/h5-9H,10H2,1-4H3,(H,20,21). The summed E-state index contributed by atoms with van der Waals surface area (Å²) in [5, 5.41) is 2.99. The second-order valence-electron chi connectivity index (χ2n) is 5.33. The van der Waals surface area contributed by atoms with Gasteiger partial charge in [0.1, 0.15) is 0 Å². The van der Waals surface area contributed by atoms with E-state index in [-0.39, 0.29) is 12.3 Å². The molecule has 2 aromatic carbocycles. The Balaban J connectivity index is 2.14. The van der Waals surface area contributed by atoms with E-state index in [1.807, 2.05) is 38.1 Å². The van der Waals surface area contributed by atoms with Gasteiger partial charge in [-0.1, -0.05) is 22.0 Å². The lowest BCUT2D eigenvalue weighted by atomic mass is 10.1. The molecule has 0 radical (unpaired) electrons. The second kappa shape index (κ2) is 7.51. The lowest BCUT2D eigenvalue weighted by Gasteiger charge is -2.13.